The Hall–Kier alpha value is -1.81. The van der Waals surface area contributed by atoms with Crippen molar-refractivity contribution in [1.29, 1.82) is 0 Å². The first-order valence-electron chi connectivity index (χ1n) is 5.47. The second kappa shape index (κ2) is 6.70. The van der Waals surface area contributed by atoms with Crippen LogP contribution in [0.1, 0.15) is 12.5 Å². The zero-order chi connectivity index (χ0) is 12.7. The summed E-state index contributed by atoms with van der Waals surface area (Å²) in [7, 11) is 1.62. The molecular formula is C13H18N2O2. The molecule has 0 saturated heterocycles. The zero-order valence-electron chi connectivity index (χ0n) is 10.1. The largest absolute Gasteiger partial charge is 0.497 e. The Morgan fingerprint density at radius 1 is 1.47 bits per heavy atom. The van der Waals surface area contributed by atoms with Gasteiger partial charge in [-0.25, -0.2) is 0 Å². The normalized spacial score (nSPS) is 12.4. The summed E-state index contributed by atoms with van der Waals surface area (Å²) in [4.78, 5) is 11.4. The summed E-state index contributed by atoms with van der Waals surface area (Å²) in [5.41, 5.74) is 6.47. The number of ether oxygens (including phenoxy) is 1. The molecule has 1 unspecified atom stereocenters. The molecule has 4 heteroatoms. The van der Waals surface area contributed by atoms with E-state index < -0.39 is 0 Å². The fraction of sp³-hybridized carbons (Fsp3) is 0.308. The lowest BCUT2D eigenvalue weighted by molar-refractivity contribution is -0.116. The first-order valence-corrected chi connectivity index (χ1v) is 5.47. The van der Waals surface area contributed by atoms with Crippen molar-refractivity contribution < 1.29 is 9.53 Å². The van der Waals surface area contributed by atoms with Crippen molar-refractivity contribution in [3.8, 4) is 5.75 Å². The molecule has 0 spiro atoms. The monoisotopic (exact) mass is 234 g/mol. The molecule has 0 aromatic heterocycles. The average Bonchev–Trinajstić information content (AvgIpc) is 2.34. The standard InChI is InChI=1S/C13H18N2O2/c1-10(14)9-15-13(16)8-5-11-3-6-12(17-2)7-4-11/h3-8,10H,9,14H2,1-2H3,(H,15,16). The molecule has 0 heterocycles. The molecular weight excluding hydrogens is 216 g/mol. The summed E-state index contributed by atoms with van der Waals surface area (Å²) in [6.45, 7) is 2.32. The van der Waals surface area contributed by atoms with E-state index in [2.05, 4.69) is 5.32 Å². The summed E-state index contributed by atoms with van der Waals surface area (Å²) in [5, 5.41) is 2.70. The van der Waals surface area contributed by atoms with Crippen molar-refractivity contribution in [2.45, 2.75) is 13.0 Å². The van der Waals surface area contributed by atoms with Gasteiger partial charge in [0, 0.05) is 18.7 Å². The van der Waals surface area contributed by atoms with E-state index in [-0.39, 0.29) is 11.9 Å². The molecule has 0 fully saturated rings. The Morgan fingerprint density at radius 2 is 2.12 bits per heavy atom. The number of amides is 1. The number of benzene rings is 1. The van der Waals surface area contributed by atoms with Gasteiger partial charge in [0.1, 0.15) is 5.75 Å². The van der Waals surface area contributed by atoms with Crippen LogP contribution in [0.15, 0.2) is 30.3 Å². The van der Waals surface area contributed by atoms with Gasteiger partial charge in [0.25, 0.3) is 0 Å². The molecule has 1 amide bonds. The highest BCUT2D eigenvalue weighted by molar-refractivity contribution is 5.91. The average molecular weight is 234 g/mol. The molecule has 0 aliphatic heterocycles. The van der Waals surface area contributed by atoms with Crippen molar-refractivity contribution in [2.24, 2.45) is 5.73 Å². The summed E-state index contributed by atoms with van der Waals surface area (Å²) in [6.07, 6.45) is 3.24. The molecule has 92 valence electrons. The summed E-state index contributed by atoms with van der Waals surface area (Å²) in [6, 6.07) is 7.43. The van der Waals surface area contributed by atoms with E-state index >= 15 is 0 Å². The fourth-order valence-electron chi connectivity index (χ4n) is 1.21. The van der Waals surface area contributed by atoms with E-state index in [0.29, 0.717) is 6.54 Å². The summed E-state index contributed by atoms with van der Waals surface area (Å²) >= 11 is 0. The molecule has 17 heavy (non-hydrogen) atoms. The van der Waals surface area contributed by atoms with Crippen molar-refractivity contribution in [3.05, 3.63) is 35.9 Å². The quantitative estimate of drug-likeness (QED) is 0.752. The molecule has 0 radical (unpaired) electrons. The van der Waals surface area contributed by atoms with Crippen molar-refractivity contribution in [3.63, 3.8) is 0 Å². The topological polar surface area (TPSA) is 64.3 Å². The van der Waals surface area contributed by atoms with E-state index in [1.54, 1.807) is 13.2 Å². The van der Waals surface area contributed by atoms with Gasteiger partial charge < -0.3 is 15.8 Å². The number of carbonyl (C=O) groups is 1. The smallest absolute Gasteiger partial charge is 0.244 e. The zero-order valence-corrected chi connectivity index (χ0v) is 10.1. The maximum atomic E-state index is 11.4. The van der Waals surface area contributed by atoms with Gasteiger partial charge in [0.15, 0.2) is 0 Å². The van der Waals surface area contributed by atoms with Crippen LogP contribution in [0.3, 0.4) is 0 Å². The third-order valence-electron chi connectivity index (χ3n) is 2.14. The first-order chi connectivity index (χ1) is 8.11. The molecule has 4 nitrogen and oxygen atoms in total. The van der Waals surface area contributed by atoms with Crippen LogP contribution >= 0.6 is 0 Å². The molecule has 1 aromatic carbocycles. The lowest BCUT2D eigenvalue weighted by Gasteiger charge is -2.04. The number of nitrogens with one attached hydrogen (secondary N) is 1. The predicted octanol–water partition coefficient (Wildman–Crippen LogP) is 1.17. The maximum Gasteiger partial charge on any atom is 0.244 e. The highest BCUT2D eigenvalue weighted by Crippen LogP contribution is 2.11. The second-order valence-electron chi connectivity index (χ2n) is 3.83. The number of hydrogen-bond donors (Lipinski definition) is 2. The molecule has 0 bridgehead atoms. The minimum Gasteiger partial charge on any atom is -0.497 e. The van der Waals surface area contributed by atoms with E-state index in [1.807, 2.05) is 31.2 Å². The van der Waals surface area contributed by atoms with E-state index in [9.17, 15) is 4.79 Å². The Morgan fingerprint density at radius 3 is 2.65 bits per heavy atom. The number of methoxy groups -OCH3 is 1. The highest BCUT2D eigenvalue weighted by atomic mass is 16.5. The van der Waals surface area contributed by atoms with Crippen LogP contribution in [-0.2, 0) is 4.79 Å². The molecule has 1 atom stereocenters. The molecule has 1 aromatic rings. The van der Waals surface area contributed by atoms with Crippen LogP contribution < -0.4 is 15.8 Å². The lowest BCUT2D eigenvalue weighted by atomic mass is 10.2. The third-order valence-corrected chi connectivity index (χ3v) is 2.14. The van der Waals surface area contributed by atoms with Crippen LogP contribution in [0.5, 0.6) is 5.75 Å². The molecule has 1 rings (SSSR count). The molecule has 3 N–H and O–H groups in total. The number of rotatable bonds is 5. The Bertz CT molecular complexity index is 383. The number of carbonyl (C=O) groups excluding carboxylic acids is 1. The van der Waals surface area contributed by atoms with Gasteiger partial charge in [-0.05, 0) is 30.7 Å². The first kappa shape index (κ1) is 13.3. The third kappa shape index (κ3) is 5.17. The SMILES string of the molecule is COc1ccc(C=CC(=O)NCC(C)N)cc1. The number of nitrogens with two attached hydrogens (primary N) is 1. The van der Waals surface area contributed by atoms with Gasteiger partial charge in [0.2, 0.25) is 5.91 Å². The van der Waals surface area contributed by atoms with Crippen LogP contribution in [0, 0.1) is 0 Å². The van der Waals surface area contributed by atoms with Crippen LogP contribution in [0.4, 0.5) is 0 Å². The fourth-order valence-corrected chi connectivity index (χ4v) is 1.21. The van der Waals surface area contributed by atoms with Crippen LogP contribution in [-0.4, -0.2) is 25.6 Å². The number of hydrogen-bond acceptors (Lipinski definition) is 3. The maximum absolute atomic E-state index is 11.4. The van der Waals surface area contributed by atoms with Crippen LogP contribution in [0.2, 0.25) is 0 Å². The molecule has 0 aliphatic rings. The second-order valence-corrected chi connectivity index (χ2v) is 3.83. The van der Waals surface area contributed by atoms with Gasteiger partial charge in [-0.1, -0.05) is 12.1 Å². The van der Waals surface area contributed by atoms with Gasteiger partial charge in [-0.15, -0.1) is 0 Å². The predicted molar refractivity (Wildman–Crippen MR) is 68.7 cm³/mol. The van der Waals surface area contributed by atoms with Gasteiger partial charge in [-0.3, -0.25) is 4.79 Å². The van der Waals surface area contributed by atoms with E-state index in [4.69, 9.17) is 10.5 Å². The van der Waals surface area contributed by atoms with Crippen molar-refractivity contribution >= 4 is 12.0 Å². The summed E-state index contributed by atoms with van der Waals surface area (Å²) in [5.74, 6) is 0.654. The van der Waals surface area contributed by atoms with E-state index in [0.717, 1.165) is 11.3 Å². The highest BCUT2D eigenvalue weighted by Gasteiger charge is 1.97. The van der Waals surface area contributed by atoms with Gasteiger partial charge >= 0.3 is 0 Å². The Labute approximate surface area is 101 Å². The Kier molecular flexibility index (Phi) is 5.23. The molecule has 0 saturated carbocycles. The minimum atomic E-state index is -0.141. The molecule has 0 aliphatic carbocycles. The van der Waals surface area contributed by atoms with Crippen molar-refractivity contribution in [1.82, 2.24) is 5.32 Å². The minimum absolute atomic E-state index is 0.0339. The van der Waals surface area contributed by atoms with Crippen LogP contribution in [0.25, 0.3) is 6.08 Å². The Balaban J connectivity index is 2.49. The lowest BCUT2D eigenvalue weighted by Crippen LogP contribution is -2.34. The van der Waals surface area contributed by atoms with E-state index in [1.165, 1.54) is 6.08 Å². The van der Waals surface area contributed by atoms with Crippen molar-refractivity contribution in [2.75, 3.05) is 13.7 Å². The summed E-state index contributed by atoms with van der Waals surface area (Å²) < 4.78 is 5.04. The van der Waals surface area contributed by atoms with Gasteiger partial charge in [0.05, 0.1) is 7.11 Å². The van der Waals surface area contributed by atoms with Gasteiger partial charge in [-0.2, -0.15) is 0 Å².